The smallest absolute Gasteiger partial charge is 0.387 e. The fraction of sp³-hybridized carbons (Fsp3) is 0.250. The van der Waals surface area contributed by atoms with Crippen LogP contribution in [-0.2, 0) is 6.54 Å². The van der Waals surface area contributed by atoms with E-state index in [0.717, 1.165) is 10.6 Å². The first-order valence-electron chi connectivity index (χ1n) is 11.3. The van der Waals surface area contributed by atoms with Gasteiger partial charge in [-0.3, -0.25) is 9.48 Å². The van der Waals surface area contributed by atoms with Crippen LogP contribution in [0.15, 0.2) is 60.2 Å². The first-order valence-corrected chi connectivity index (χ1v) is 12.3. The molecule has 192 valence electrons. The number of amides is 1. The number of rotatable bonds is 8. The second-order valence-electron chi connectivity index (χ2n) is 8.60. The van der Waals surface area contributed by atoms with Gasteiger partial charge in [0, 0.05) is 53.1 Å². The molecule has 0 bridgehead atoms. The normalized spacial score (nSPS) is 13.2. The third-order valence-corrected chi connectivity index (χ3v) is 6.72. The van der Waals surface area contributed by atoms with Gasteiger partial charge in [0.05, 0.1) is 24.1 Å². The molecule has 13 heteroatoms. The standard InChI is InChI=1S/C24H24F2N8O2S/c1-14-13-37-20-9-15(19(36-24(25)26)10-17(20)29-14)21-18(12-33(31-21)8-7-32(2)3)30-23(35)16-11-28-34-6-4-5-27-22(16)34/h4-6,9-12,24,29H,1,7-8,13H2,2-3H3,(H,30,35). The maximum atomic E-state index is 13.4. The summed E-state index contributed by atoms with van der Waals surface area (Å²) >= 11 is 1.52. The SMILES string of the molecule is C=C1CSc2cc(-c3nn(CCN(C)C)cc3NC(=O)c3cnn4cccnc34)c(OC(F)F)cc2N1. The van der Waals surface area contributed by atoms with Gasteiger partial charge in [-0.2, -0.15) is 19.0 Å². The van der Waals surface area contributed by atoms with Crippen molar-refractivity contribution in [1.29, 1.82) is 0 Å². The van der Waals surface area contributed by atoms with Crippen LogP contribution in [0, 0.1) is 0 Å². The Morgan fingerprint density at radius 3 is 3.00 bits per heavy atom. The summed E-state index contributed by atoms with van der Waals surface area (Å²) in [5, 5.41) is 14.8. The zero-order valence-corrected chi connectivity index (χ0v) is 20.9. The summed E-state index contributed by atoms with van der Waals surface area (Å²) in [5.74, 6) is 0.107. The quantitative estimate of drug-likeness (QED) is 0.355. The van der Waals surface area contributed by atoms with E-state index in [4.69, 9.17) is 4.74 Å². The fourth-order valence-corrected chi connectivity index (χ4v) is 4.72. The van der Waals surface area contributed by atoms with Crippen LogP contribution in [0.5, 0.6) is 5.75 Å². The Hall–Kier alpha value is -3.97. The molecule has 0 spiro atoms. The number of thioether (sulfide) groups is 1. The van der Waals surface area contributed by atoms with Crippen LogP contribution in [0.4, 0.5) is 20.2 Å². The number of benzene rings is 1. The average molecular weight is 527 g/mol. The highest BCUT2D eigenvalue weighted by Crippen LogP contribution is 2.44. The van der Waals surface area contributed by atoms with Crippen molar-refractivity contribution in [3.05, 3.63) is 60.8 Å². The molecule has 0 saturated carbocycles. The van der Waals surface area contributed by atoms with Crippen molar-refractivity contribution in [1.82, 2.24) is 29.3 Å². The fourth-order valence-electron chi connectivity index (χ4n) is 3.85. The number of halogens is 2. The molecular formula is C24H24F2N8O2S. The van der Waals surface area contributed by atoms with Gasteiger partial charge in [0.2, 0.25) is 0 Å². The molecular weight excluding hydrogens is 502 g/mol. The number of nitrogens with one attached hydrogen (secondary N) is 2. The lowest BCUT2D eigenvalue weighted by atomic mass is 10.1. The molecule has 0 atom stereocenters. The third-order valence-electron chi connectivity index (χ3n) is 5.58. The summed E-state index contributed by atoms with van der Waals surface area (Å²) in [6.07, 6.45) is 6.35. The average Bonchev–Trinajstić information content (AvgIpc) is 3.46. The monoisotopic (exact) mass is 526 g/mol. The molecule has 4 aromatic rings. The van der Waals surface area contributed by atoms with Crippen LogP contribution in [0.3, 0.4) is 0 Å². The number of carbonyl (C=O) groups is 1. The molecule has 0 aliphatic carbocycles. The Kier molecular flexibility index (Phi) is 6.80. The molecule has 0 unspecified atom stereocenters. The zero-order chi connectivity index (χ0) is 26.1. The minimum Gasteiger partial charge on any atom is -0.434 e. The summed E-state index contributed by atoms with van der Waals surface area (Å²) in [6, 6.07) is 4.95. The number of hydrogen-bond donors (Lipinski definition) is 2. The molecule has 5 rings (SSSR count). The molecule has 1 aliphatic heterocycles. The van der Waals surface area contributed by atoms with Gasteiger partial charge in [-0.05, 0) is 26.2 Å². The van der Waals surface area contributed by atoms with Crippen LogP contribution in [-0.4, -0.2) is 68.2 Å². The molecule has 1 aromatic carbocycles. The number of fused-ring (bicyclic) bond motifs is 2. The van der Waals surface area contributed by atoms with Gasteiger partial charge < -0.3 is 20.3 Å². The van der Waals surface area contributed by atoms with Crippen molar-refractivity contribution in [3.8, 4) is 17.0 Å². The lowest BCUT2D eigenvalue weighted by Crippen LogP contribution is -2.18. The van der Waals surface area contributed by atoms with Gasteiger partial charge in [0.25, 0.3) is 5.91 Å². The molecule has 0 saturated heterocycles. The molecule has 2 N–H and O–H groups in total. The summed E-state index contributed by atoms with van der Waals surface area (Å²) in [6.45, 7) is 2.06. The Bertz CT molecular complexity index is 1480. The number of nitrogens with zero attached hydrogens (tertiary/aromatic N) is 6. The predicted molar refractivity (Wildman–Crippen MR) is 137 cm³/mol. The topological polar surface area (TPSA) is 102 Å². The van der Waals surface area contributed by atoms with E-state index in [1.54, 1.807) is 35.4 Å². The van der Waals surface area contributed by atoms with E-state index in [1.165, 1.54) is 28.5 Å². The highest BCUT2D eigenvalue weighted by molar-refractivity contribution is 7.99. The van der Waals surface area contributed by atoms with Crippen LogP contribution in [0.1, 0.15) is 10.4 Å². The maximum Gasteiger partial charge on any atom is 0.387 e. The van der Waals surface area contributed by atoms with E-state index in [-0.39, 0.29) is 11.3 Å². The van der Waals surface area contributed by atoms with Crippen LogP contribution in [0.25, 0.3) is 16.9 Å². The van der Waals surface area contributed by atoms with Crippen molar-refractivity contribution in [3.63, 3.8) is 0 Å². The maximum absolute atomic E-state index is 13.4. The van der Waals surface area contributed by atoms with E-state index in [0.29, 0.717) is 47.1 Å². The highest BCUT2D eigenvalue weighted by atomic mass is 32.2. The van der Waals surface area contributed by atoms with Gasteiger partial charge in [-0.1, -0.05) is 6.58 Å². The van der Waals surface area contributed by atoms with Gasteiger partial charge in [-0.15, -0.1) is 11.8 Å². The first kappa shape index (κ1) is 24.7. The largest absolute Gasteiger partial charge is 0.434 e. The first-order chi connectivity index (χ1) is 17.8. The summed E-state index contributed by atoms with van der Waals surface area (Å²) in [5.41, 5.74) is 3.01. The highest BCUT2D eigenvalue weighted by Gasteiger charge is 2.25. The minimum atomic E-state index is -3.05. The second kappa shape index (κ2) is 10.2. The third kappa shape index (κ3) is 5.27. The predicted octanol–water partition coefficient (Wildman–Crippen LogP) is 4.04. The molecule has 4 heterocycles. The molecule has 0 fully saturated rings. The number of ether oxygens (including phenoxy) is 1. The second-order valence-corrected chi connectivity index (χ2v) is 9.62. The number of aromatic nitrogens is 5. The lowest BCUT2D eigenvalue weighted by Gasteiger charge is -2.22. The molecule has 37 heavy (non-hydrogen) atoms. The van der Waals surface area contributed by atoms with Crippen LogP contribution < -0.4 is 15.4 Å². The number of anilines is 2. The lowest BCUT2D eigenvalue weighted by molar-refractivity contribution is -0.0494. The van der Waals surface area contributed by atoms with Crippen molar-refractivity contribution in [2.24, 2.45) is 0 Å². The molecule has 3 aromatic heterocycles. The van der Waals surface area contributed by atoms with Gasteiger partial charge in [0.1, 0.15) is 17.0 Å². The van der Waals surface area contributed by atoms with Crippen molar-refractivity contribution in [2.45, 2.75) is 18.1 Å². The number of hydrogen-bond acceptors (Lipinski definition) is 8. The minimum absolute atomic E-state index is 0.0671. The van der Waals surface area contributed by atoms with Crippen molar-refractivity contribution in [2.75, 3.05) is 37.0 Å². The summed E-state index contributed by atoms with van der Waals surface area (Å²) in [7, 11) is 3.86. The van der Waals surface area contributed by atoms with E-state index in [1.807, 2.05) is 19.0 Å². The molecule has 1 amide bonds. The summed E-state index contributed by atoms with van der Waals surface area (Å²) in [4.78, 5) is 20.3. The van der Waals surface area contributed by atoms with E-state index < -0.39 is 12.5 Å². The van der Waals surface area contributed by atoms with E-state index in [2.05, 4.69) is 32.4 Å². The molecule has 1 aliphatic rings. The number of carbonyl (C=O) groups excluding carboxylic acids is 1. The van der Waals surface area contributed by atoms with Crippen molar-refractivity contribution < 1.29 is 18.3 Å². The van der Waals surface area contributed by atoms with Gasteiger partial charge in [0.15, 0.2) is 5.65 Å². The number of likely N-dealkylation sites (N-methyl/N-ethyl adjacent to an activating group) is 1. The Balaban J connectivity index is 1.58. The Morgan fingerprint density at radius 2 is 2.22 bits per heavy atom. The van der Waals surface area contributed by atoms with Gasteiger partial charge in [-0.25, -0.2) is 9.50 Å². The van der Waals surface area contributed by atoms with E-state index >= 15 is 0 Å². The Morgan fingerprint density at radius 1 is 1.38 bits per heavy atom. The zero-order valence-electron chi connectivity index (χ0n) is 20.1. The number of alkyl halides is 2. The molecule has 0 radical (unpaired) electrons. The summed E-state index contributed by atoms with van der Waals surface area (Å²) < 4.78 is 34.9. The van der Waals surface area contributed by atoms with Crippen LogP contribution in [0.2, 0.25) is 0 Å². The Labute approximate surface area is 215 Å². The molecule has 10 nitrogen and oxygen atoms in total. The van der Waals surface area contributed by atoms with Crippen LogP contribution >= 0.6 is 11.8 Å². The van der Waals surface area contributed by atoms with E-state index in [9.17, 15) is 13.6 Å². The van der Waals surface area contributed by atoms with Gasteiger partial charge >= 0.3 is 6.61 Å². The van der Waals surface area contributed by atoms with Crippen molar-refractivity contribution >= 4 is 34.7 Å².